The third-order valence-corrected chi connectivity index (χ3v) is 7.16. The molecular formula is C33H42N6O7. The number of nitrogens with two attached hydrogens (primary N) is 1. The van der Waals surface area contributed by atoms with E-state index in [-0.39, 0.29) is 25.4 Å². The Hall–Kier alpha value is -5.25. The van der Waals surface area contributed by atoms with E-state index in [0.29, 0.717) is 17.5 Å². The molecule has 13 heteroatoms. The van der Waals surface area contributed by atoms with Crippen molar-refractivity contribution in [1.82, 2.24) is 21.3 Å². The SMILES string of the molecule is CC[C@H](C)C(NC(=O)[C@H](CC(C)C)NC(=O)OCc1ccccc1)C(=O)C(=O)NCC(=O)N[C@@H](Cc1ccc(C#N)cc1)C(N)=O. The van der Waals surface area contributed by atoms with Crippen molar-refractivity contribution < 1.29 is 33.5 Å². The van der Waals surface area contributed by atoms with Gasteiger partial charge in [-0.05, 0) is 41.5 Å². The van der Waals surface area contributed by atoms with Gasteiger partial charge in [0.25, 0.3) is 5.91 Å². The van der Waals surface area contributed by atoms with Crippen LogP contribution in [0.2, 0.25) is 0 Å². The van der Waals surface area contributed by atoms with Crippen molar-refractivity contribution in [3.05, 3.63) is 71.3 Å². The van der Waals surface area contributed by atoms with Crippen LogP contribution in [0.4, 0.5) is 4.79 Å². The number of alkyl carbamates (subject to hydrolysis) is 1. The Kier molecular flexibility index (Phi) is 14.9. The number of ether oxygens (including phenoxy) is 1. The highest BCUT2D eigenvalue weighted by molar-refractivity contribution is 6.38. The second-order valence-electron chi connectivity index (χ2n) is 11.3. The topological polar surface area (TPSA) is 210 Å². The molecule has 6 N–H and O–H groups in total. The van der Waals surface area contributed by atoms with Gasteiger partial charge >= 0.3 is 6.09 Å². The number of carbonyl (C=O) groups is 6. The molecule has 2 aromatic rings. The van der Waals surface area contributed by atoms with Crippen molar-refractivity contribution >= 4 is 35.5 Å². The molecule has 13 nitrogen and oxygen atoms in total. The molecular weight excluding hydrogens is 592 g/mol. The van der Waals surface area contributed by atoms with Crippen LogP contribution in [0.1, 0.15) is 57.2 Å². The Morgan fingerprint density at radius 3 is 2.09 bits per heavy atom. The number of hydrogen-bond acceptors (Lipinski definition) is 8. The number of Topliss-reactive ketones (excluding diaryl/α,β-unsaturated/α-hetero) is 1. The Morgan fingerprint density at radius 1 is 0.870 bits per heavy atom. The molecule has 4 atom stereocenters. The van der Waals surface area contributed by atoms with E-state index in [9.17, 15) is 28.8 Å². The zero-order chi connectivity index (χ0) is 34.2. The third-order valence-electron chi connectivity index (χ3n) is 7.16. The quantitative estimate of drug-likeness (QED) is 0.161. The van der Waals surface area contributed by atoms with Crippen LogP contribution in [-0.4, -0.2) is 60.2 Å². The standard InChI is InChI=1S/C33H42N6O7/c1-5-21(4)28(39-31(43)26(15-20(2)3)38-33(45)46-19-24-9-7-6-8-10-24)29(41)32(44)36-18-27(40)37-25(30(35)42)16-22-11-13-23(17-34)14-12-22/h6-14,20-21,25-26,28H,5,15-16,18-19H2,1-4H3,(H2,35,42)(H,36,44)(H,37,40)(H,38,45)(H,39,43)/t21-,25-,26-,28?/m0/s1. The molecule has 0 aliphatic heterocycles. The smallest absolute Gasteiger partial charge is 0.408 e. The summed E-state index contributed by atoms with van der Waals surface area (Å²) in [6, 6.07) is 14.0. The van der Waals surface area contributed by atoms with Crippen molar-refractivity contribution in [2.24, 2.45) is 17.6 Å². The Bertz CT molecular complexity index is 1410. The highest BCUT2D eigenvalue weighted by atomic mass is 16.5. The molecule has 0 saturated carbocycles. The van der Waals surface area contributed by atoms with Crippen LogP contribution in [0.3, 0.4) is 0 Å². The summed E-state index contributed by atoms with van der Waals surface area (Å²) in [4.78, 5) is 76.3. The lowest BCUT2D eigenvalue weighted by molar-refractivity contribution is -0.141. The summed E-state index contributed by atoms with van der Waals surface area (Å²) >= 11 is 0. The predicted octanol–water partition coefficient (Wildman–Crippen LogP) is 1.63. The van der Waals surface area contributed by atoms with Crippen molar-refractivity contribution in [1.29, 1.82) is 5.26 Å². The molecule has 0 fully saturated rings. The highest BCUT2D eigenvalue weighted by Gasteiger charge is 2.34. The number of hydrogen-bond donors (Lipinski definition) is 5. The van der Waals surface area contributed by atoms with Gasteiger partial charge in [-0.15, -0.1) is 0 Å². The fourth-order valence-corrected chi connectivity index (χ4v) is 4.37. The average molecular weight is 635 g/mol. The van der Waals surface area contributed by atoms with Crippen LogP contribution < -0.4 is 27.0 Å². The van der Waals surface area contributed by atoms with E-state index in [0.717, 1.165) is 5.56 Å². The van der Waals surface area contributed by atoms with Gasteiger partial charge in [0, 0.05) is 6.42 Å². The second-order valence-corrected chi connectivity index (χ2v) is 11.3. The fourth-order valence-electron chi connectivity index (χ4n) is 4.37. The van der Waals surface area contributed by atoms with Crippen molar-refractivity contribution in [3.8, 4) is 6.07 Å². The Labute approximate surface area is 268 Å². The summed E-state index contributed by atoms with van der Waals surface area (Å²) in [5, 5.41) is 18.8. The lowest BCUT2D eigenvalue weighted by Gasteiger charge is -2.26. The number of ketones is 1. The number of amides is 5. The van der Waals surface area contributed by atoms with Crippen LogP contribution in [-0.2, 0) is 41.7 Å². The third kappa shape index (κ3) is 12.4. The van der Waals surface area contributed by atoms with E-state index in [1.54, 1.807) is 62.4 Å². The molecule has 0 aliphatic rings. The summed E-state index contributed by atoms with van der Waals surface area (Å²) < 4.78 is 5.25. The van der Waals surface area contributed by atoms with E-state index in [1.165, 1.54) is 0 Å². The molecule has 0 aromatic heterocycles. The molecule has 2 rings (SSSR count). The number of nitrogens with zero attached hydrogens (tertiary/aromatic N) is 1. The maximum atomic E-state index is 13.3. The largest absolute Gasteiger partial charge is 0.445 e. The monoisotopic (exact) mass is 634 g/mol. The molecule has 5 amide bonds. The van der Waals surface area contributed by atoms with Gasteiger partial charge in [0.05, 0.1) is 24.2 Å². The van der Waals surface area contributed by atoms with Crippen LogP contribution in [0.5, 0.6) is 0 Å². The van der Waals surface area contributed by atoms with E-state index >= 15 is 0 Å². The number of carbonyl (C=O) groups excluding carboxylic acids is 6. The van der Waals surface area contributed by atoms with Gasteiger partial charge in [0.2, 0.25) is 23.5 Å². The zero-order valence-corrected chi connectivity index (χ0v) is 26.5. The first-order valence-electron chi connectivity index (χ1n) is 15.0. The van der Waals surface area contributed by atoms with Crippen molar-refractivity contribution in [2.75, 3.05) is 6.54 Å². The minimum absolute atomic E-state index is 0.0000439. The van der Waals surface area contributed by atoms with Crippen LogP contribution in [0.15, 0.2) is 54.6 Å². The zero-order valence-electron chi connectivity index (χ0n) is 26.5. The number of primary amides is 1. The first-order chi connectivity index (χ1) is 21.8. The van der Waals surface area contributed by atoms with Crippen molar-refractivity contribution in [3.63, 3.8) is 0 Å². The number of rotatable bonds is 17. The molecule has 0 bridgehead atoms. The molecule has 0 aliphatic carbocycles. The van der Waals surface area contributed by atoms with Gasteiger partial charge in [0.15, 0.2) is 0 Å². The average Bonchev–Trinajstić information content (AvgIpc) is 3.04. The van der Waals surface area contributed by atoms with Crippen LogP contribution >= 0.6 is 0 Å². The maximum Gasteiger partial charge on any atom is 0.408 e. The lowest BCUT2D eigenvalue weighted by Crippen LogP contribution is -2.56. The van der Waals surface area contributed by atoms with E-state index in [2.05, 4.69) is 21.3 Å². The summed E-state index contributed by atoms with van der Waals surface area (Å²) in [6.45, 7) is 6.56. The second kappa shape index (κ2) is 18.5. The molecule has 0 spiro atoms. The lowest BCUT2D eigenvalue weighted by atomic mass is 9.94. The normalized spacial score (nSPS) is 13.2. The summed E-state index contributed by atoms with van der Waals surface area (Å²) in [5.41, 5.74) is 7.27. The summed E-state index contributed by atoms with van der Waals surface area (Å²) in [5.74, 6) is -4.81. The van der Waals surface area contributed by atoms with Gasteiger partial charge in [-0.2, -0.15) is 5.26 Å². The summed E-state index contributed by atoms with van der Waals surface area (Å²) in [7, 11) is 0. The molecule has 0 heterocycles. The van der Waals surface area contributed by atoms with Gasteiger partial charge in [-0.3, -0.25) is 24.0 Å². The van der Waals surface area contributed by atoms with E-state index in [1.807, 2.05) is 26.0 Å². The van der Waals surface area contributed by atoms with Gasteiger partial charge < -0.3 is 31.7 Å². The maximum absolute atomic E-state index is 13.3. The minimum Gasteiger partial charge on any atom is -0.445 e. The van der Waals surface area contributed by atoms with Gasteiger partial charge in [0.1, 0.15) is 18.7 Å². The van der Waals surface area contributed by atoms with Gasteiger partial charge in [-0.1, -0.05) is 76.6 Å². The Morgan fingerprint density at radius 2 is 1.52 bits per heavy atom. The molecule has 246 valence electrons. The molecule has 0 radical (unpaired) electrons. The van der Waals surface area contributed by atoms with Crippen molar-refractivity contribution in [2.45, 2.75) is 71.7 Å². The number of nitriles is 1. The number of benzene rings is 2. The highest BCUT2D eigenvalue weighted by Crippen LogP contribution is 2.12. The number of nitrogens with one attached hydrogen (secondary N) is 4. The Balaban J connectivity index is 2.01. The molecule has 0 saturated heterocycles. The molecule has 1 unspecified atom stereocenters. The van der Waals surface area contributed by atoms with E-state index in [4.69, 9.17) is 15.7 Å². The first-order valence-corrected chi connectivity index (χ1v) is 15.0. The fraction of sp³-hybridized carbons (Fsp3) is 0.424. The summed E-state index contributed by atoms with van der Waals surface area (Å²) in [6.07, 6.45) is -0.0914. The predicted molar refractivity (Wildman–Crippen MR) is 168 cm³/mol. The molecule has 2 aromatic carbocycles. The minimum atomic E-state index is -1.24. The van der Waals surface area contributed by atoms with Crippen LogP contribution in [0, 0.1) is 23.2 Å². The van der Waals surface area contributed by atoms with Gasteiger partial charge in [-0.25, -0.2) is 4.79 Å². The molecule has 46 heavy (non-hydrogen) atoms. The van der Waals surface area contributed by atoms with E-state index < -0.39 is 66.1 Å². The van der Waals surface area contributed by atoms with Crippen LogP contribution in [0.25, 0.3) is 0 Å². The first kappa shape index (κ1) is 36.9.